The van der Waals surface area contributed by atoms with E-state index < -0.39 is 11.6 Å². The Bertz CT molecular complexity index is 707. The van der Waals surface area contributed by atoms with Gasteiger partial charge in [-0.05, 0) is 32.4 Å². The van der Waals surface area contributed by atoms with E-state index in [1.807, 2.05) is 30.3 Å². The molecule has 0 radical (unpaired) electrons. The predicted octanol–water partition coefficient (Wildman–Crippen LogP) is 1.58. The standard InChI is InChI=1S/C17H23N5O3/c1-17(2,3)25-15(24)12-18-14(23)10-7-11-22-20-16(19-21-22)13-8-5-4-6-9-13/h4-6,8-9H,7,10-12H2,1-3H3,(H,18,23). The number of hydrogen-bond donors (Lipinski definition) is 1. The van der Waals surface area contributed by atoms with Crippen molar-refractivity contribution < 1.29 is 14.3 Å². The van der Waals surface area contributed by atoms with E-state index >= 15 is 0 Å². The van der Waals surface area contributed by atoms with Crippen molar-refractivity contribution in [1.29, 1.82) is 0 Å². The Labute approximate surface area is 146 Å². The first-order valence-electron chi connectivity index (χ1n) is 8.15. The Kier molecular flexibility index (Phi) is 6.21. The lowest BCUT2D eigenvalue weighted by atomic mass is 10.2. The summed E-state index contributed by atoms with van der Waals surface area (Å²) in [5, 5.41) is 14.8. The molecule has 0 aliphatic rings. The van der Waals surface area contributed by atoms with Gasteiger partial charge in [0, 0.05) is 12.0 Å². The van der Waals surface area contributed by atoms with E-state index in [4.69, 9.17) is 4.74 Å². The number of amides is 1. The summed E-state index contributed by atoms with van der Waals surface area (Å²) in [6, 6.07) is 9.55. The van der Waals surface area contributed by atoms with Crippen LogP contribution in [0.25, 0.3) is 11.4 Å². The Hall–Kier alpha value is -2.77. The first kappa shape index (κ1) is 18.6. The molecule has 0 bridgehead atoms. The number of nitrogens with zero attached hydrogens (tertiary/aromatic N) is 4. The van der Waals surface area contributed by atoms with E-state index in [2.05, 4.69) is 20.7 Å². The predicted molar refractivity (Wildman–Crippen MR) is 91.3 cm³/mol. The van der Waals surface area contributed by atoms with Crippen molar-refractivity contribution in [2.24, 2.45) is 0 Å². The van der Waals surface area contributed by atoms with Crippen molar-refractivity contribution in [3.05, 3.63) is 30.3 Å². The third-order valence-electron chi connectivity index (χ3n) is 3.10. The molecule has 2 rings (SSSR count). The average molecular weight is 345 g/mol. The SMILES string of the molecule is CC(C)(C)OC(=O)CNC(=O)CCCn1nnc(-c2ccccc2)n1. The Balaban J connectivity index is 1.70. The number of hydrogen-bond acceptors (Lipinski definition) is 6. The summed E-state index contributed by atoms with van der Waals surface area (Å²) >= 11 is 0. The van der Waals surface area contributed by atoms with Gasteiger partial charge in [0.1, 0.15) is 12.1 Å². The molecule has 0 atom stereocenters. The molecule has 134 valence electrons. The molecular formula is C17H23N5O3. The summed E-state index contributed by atoms with van der Waals surface area (Å²) in [6.07, 6.45) is 0.815. The second-order valence-electron chi connectivity index (χ2n) is 6.54. The fourth-order valence-corrected chi connectivity index (χ4v) is 2.06. The molecule has 0 fully saturated rings. The van der Waals surface area contributed by atoms with Crippen LogP contribution in [0, 0.1) is 0 Å². The van der Waals surface area contributed by atoms with Crippen molar-refractivity contribution >= 4 is 11.9 Å². The molecule has 2 aromatic rings. The summed E-state index contributed by atoms with van der Waals surface area (Å²) in [7, 11) is 0. The lowest BCUT2D eigenvalue weighted by Crippen LogP contribution is -2.34. The van der Waals surface area contributed by atoms with E-state index in [1.165, 1.54) is 4.80 Å². The van der Waals surface area contributed by atoms with Crippen molar-refractivity contribution in [3.63, 3.8) is 0 Å². The largest absolute Gasteiger partial charge is 0.459 e. The topological polar surface area (TPSA) is 99.0 Å². The molecule has 1 amide bonds. The first-order valence-corrected chi connectivity index (χ1v) is 8.15. The number of aryl methyl sites for hydroxylation is 1. The van der Waals surface area contributed by atoms with Crippen LogP contribution < -0.4 is 5.32 Å². The van der Waals surface area contributed by atoms with Gasteiger partial charge in [-0.25, -0.2) is 0 Å². The zero-order valence-corrected chi connectivity index (χ0v) is 14.7. The van der Waals surface area contributed by atoms with Gasteiger partial charge >= 0.3 is 5.97 Å². The normalized spacial score (nSPS) is 11.2. The van der Waals surface area contributed by atoms with E-state index in [9.17, 15) is 9.59 Å². The lowest BCUT2D eigenvalue weighted by molar-refractivity contribution is -0.154. The minimum atomic E-state index is -0.558. The second-order valence-corrected chi connectivity index (χ2v) is 6.54. The minimum absolute atomic E-state index is 0.129. The number of rotatable bonds is 7. The van der Waals surface area contributed by atoms with Crippen LogP contribution in [0.5, 0.6) is 0 Å². The van der Waals surface area contributed by atoms with Crippen molar-refractivity contribution in [2.75, 3.05) is 6.54 Å². The van der Waals surface area contributed by atoms with E-state index in [-0.39, 0.29) is 18.9 Å². The molecule has 0 saturated carbocycles. The number of nitrogens with one attached hydrogen (secondary N) is 1. The van der Waals surface area contributed by atoms with Gasteiger partial charge in [0.15, 0.2) is 0 Å². The van der Waals surface area contributed by atoms with Crippen LogP contribution in [0.4, 0.5) is 0 Å². The Morgan fingerprint density at radius 1 is 1.20 bits per heavy atom. The van der Waals surface area contributed by atoms with Gasteiger partial charge in [-0.3, -0.25) is 9.59 Å². The third kappa shape index (κ3) is 6.70. The van der Waals surface area contributed by atoms with Gasteiger partial charge in [-0.1, -0.05) is 30.3 Å². The molecule has 0 aliphatic carbocycles. The van der Waals surface area contributed by atoms with Gasteiger partial charge in [0.2, 0.25) is 11.7 Å². The fraction of sp³-hybridized carbons (Fsp3) is 0.471. The molecular weight excluding hydrogens is 322 g/mol. The number of benzene rings is 1. The molecule has 0 saturated heterocycles. The highest BCUT2D eigenvalue weighted by atomic mass is 16.6. The van der Waals surface area contributed by atoms with E-state index in [0.29, 0.717) is 18.8 Å². The monoisotopic (exact) mass is 345 g/mol. The summed E-state index contributed by atoms with van der Waals surface area (Å²) in [5.74, 6) is -0.115. The number of carbonyl (C=O) groups is 2. The van der Waals surface area contributed by atoms with Crippen LogP contribution in [-0.2, 0) is 20.9 Å². The molecule has 0 spiro atoms. The summed E-state index contributed by atoms with van der Waals surface area (Å²) in [6.45, 7) is 5.68. The van der Waals surface area contributed by atoms with E-state index in [0.717, 1.165) is 5.56 Å². The third-order valence-corrected chi connectivity index (χ3v) is 3.10. The maximum Gasteiger partial charge on any atom is 0.325 e. The van der Waals surface area contributed by atoms with Gasteiger partial charge in [0.25, 0.3) is 0 Å². The highest BCUT2D eigenvalue weighted by Crippen LogP contribution is 2.11. The van der Waals surface area contributed by atoms with Crippen molar-refractivity contribution in [3.8, 4) is 11.4 Å². The zero-order valence-electron chi connectivity index (χ0n) is 14.7. The van der Waals surface area contributed by atoms with Gasteiger partial charge in [-0.2, -0.15) is 4.80 Å². The van der Waals surface area contributed by atoms with Crippen molar-refractivity contribution in [1.82, 2.24) is 25.5 Å². The maximum atomic E-state index is 11.7. The number of esters is 1. The van der Waals surface area contributed by atoms with Crippen LogP contribution in [0.2, 0.25) is 0 Å². The number of tetrazole rings is 1. The minimum Gasteiger partial charge on any atom is -0.459 e. The lowest BCUT2D eigenvalue weighted by Gasteiger charge is -2.19. The molecule has 25 heavy (non-hydrogen) atoms. The number of aromatic nitrogens is 4. The molecule has 0 aliphatic heterocycles. The highest BCUT2D eigenvalue weighted by molar-refractivity contribution is 5.81. The fourth-order valence-electron chi connectivity index (χ4n) is 2.06. The van der Waals surface area contributed by atoms with Crippen LogP contribution in [0.15, 0.2) is 30.3 Å². The molecule has 1 aromatic carbocycles. The number of carbonyl (C=O) groups excluding carboxylic acids is 2. The quantitative estimate of drug-likeness (QED) is 0.765. The van der Waals surface area contributed by atoms with Gasteiger partial charge < -0.3 is 10.1 Å². The first-order chi connectivity index (χ1) is 11.8. The van der Waals surface area contributed by atoms with Gasteiger partial charge in [-0.15, -0.1) is 10.2 Å². The van der Waals surface area contributed by atoms with Gasteiger partial charge in [0.05, 0.1) is 6.54 Å². The maximum absolute atomic E-state index is 11.7. The molecule has 8 nitrogen and oxygen atoms in total. The molecule has 0 unspecified atom stereocenters. The van der Waals surface area contributed by atoms with Crippen LogP contribution >= 0.6 is 0 Å². The second kappa shape index (κ2) is 8.36. The summed E-state index contributed by atoms with van der Waals surface area (Å²) in [5.41, 5.74) is 0.334. The van der Waals surface area contributed by atoms with E-state index in [1.54, 1.807) is 20.8 Å². The Morgan fingerprint density at radius 3 is 2.60 bits per heavy atom. The van der Waals surface area contributed by atoms with Crippen LogP contribution in [0.3, 0.4) is 0 Å². The highest BCUT2D eigenvalue weighted by Gasteiger charge is 2.16. The Morgan fingerprint density at radius 2 is 1.92 bits per heavy atom. The molecule has 1 heterocycles. The van der Waals surface area contributed by atoms with Crippen molar-refractivity contribution in [2.45, 2.75) is 45.8 Å². The smallest absolute Gasteiger partial charge is 0.325 e. The zero-order chi connectivity index (χ0) is 18.3. The van der Waals surface area contributed by atoms with Crippen LogP contribution in [-0.4, -0.2) is 44.2 Å². The molecule has 1 N–H and O–H groups in total. The number of ether oxygens (including phenoxy) is 1. The summed E-state index contributed by atoms with van der Waals surface area (Å²) < 4.78 is 5.12. The average Bonchev–Trinajstić information content (AvgIpc) is 3.01. The molecule has 1 aromatic heterocycles. The molecule has 8 heteroatoms. The van der Waals surface area contributed by atoms with Crippen LogP contribution in [0.1, 0.15) is 33.6 Å². The summed E-state index contributed by atoms with van der Waals surface area (Å²) in [4.78, 5) is 24.7.